The summed E-state index contributed by atoms with van der Waals surface area (Å²) >= 11 is 0. The zero-order valence-corrected chi connectivity index (χ0v) is 10.1. The minimum Gasteiger partial charge on any atom is -0.716 e. The van der Waals surface area contributed by atoms with Crippen LogP contribution in [0.4, 0.5) is 0 Å². The van der Waals surface area contributed by atoms with Crippen molar-refractivity contribution in [1.29, 1.82) is 0 Å². The van der Waals surface area contributed by atoms with Crippen molar-refractivity contribution in [2.75, 3.05) is 0 Å². The zero-order chi connectivity index (χ0) is 12.8. The number of hydrogen-bond acceptors (Lipinski definition) is 5. The summed E-state index contributed by atoms with van der Waals surface area (Å²) < 4.78 is 35.7. The molecule has 0 amide bonds. The number of imidazole rings is 1. The molecule has 1 heterocycles. The molecule has 1 rings (SSSR count). The number of aromatic nitrogens is 2. The lowest BCUT2D eigenvalue weighted by atomic mass is 10.7. The molecule has 8 heteroatoms. The number of hydrogen-bond donors (Lipinski definition) is 0. The van der Waals surface area contributed by atoms with E-state index in [1.54, 1.807) is 0 Å². The fourth-order valence-electron chi connectivity index (χ4n) is 0.833. The topological polar surface area (TPSA) is 92.3 Å². The van der Waals surface area contributed by atoms with E-state index in [0.29, 0.717) is 0 Å². The molecule has 0 saturated carbocycles. The van der Waals surface area contributed by atoms with Crippen molar-refractivity contribution in [3.63, 3.8) is 0 Å². The van der Waals surface area contributed by atoms with Gasteiger partial charge in [-0.1, -0.05) is 0 Å². The first kappa shape index (κ1) is 14.6. The lowest BCUT2D eigenvalue weighted by Gasteiger charge is -2.02. The van der Waals surface area contributed by atoms with Crippen LogP contribution in [-0.2, 0) is 33.0 Å². The van der Waals surface area contributed by atoms with E-state index in [4.69, 9.17) is 0 Å². The summed E-state index contributed by atoms with van der Waals surface area (Å²) in [5.74, 6) is -1.13. The summed E-state index contributed by atoms with van der Waals surface area (Å²) in [6.07, 6.45) is 6.14. The van der Waals surface area contributed by atoms with Crippen LogP contribution < -0.4 is 4.57 Å². The van der Waals surface area contributed by atoms with Crippen LogP contribution in [0.2, 0.25) is 0 Å². The van der Waals surface area contributed by atoms with Crippen LogP contribution in [0.25, 0.3) is 0 Å². The Kier molecular flexibility index (Phi) is 5.68. The normalized spacial score (nSPS) is 10.2. The van der Waals surface area contributed by atoms with Gasteiger partial charge in [-0.05, 0) is 6.92 Å². The maximum Gasteiger partial charge on any atom is 0.318 e. The van der Waals surface area contributed by atoms with Gasteiger partial charge in [-0.15, -0.1) is 0 Å². The molecule has 0 atom stereocenters. The molecule has 0 aliphatic rings. The van der Waals surface area contributed by atoms with Crippen molar-refractivity contribution >= 4 is 16.4 Å². The number of aryl methyl sites for hydroxylation is 2. The first-order valence-electron chi connectivity index (χ1n) is 4.41. The Morgan fingerprint density at radius 3 is 2.25 bits per heavy atom. The Labute approximate surface area is 94.2 Å². The van der Waals surface area contributed by atoms with Crippen molar-refractivity contribution in [3.05, 3.63) is 18.7 Å². The smallest absolute Gasteiger partial charge is 0.318 e. The molecular weight excluding hydrogens is 236 g/mol. The minimum atomic E-state index is -4.82. The highest BCUT2D eigenvalue weighted by Gasteiger charge is 1.96. The molecule has 92 valence electrons. The van der Waals surface area contributed by atoms with Gasteiger partial charge in [0, 0.05) is 6.92 Å². The number of carbonyl (C=O) groups is 1. The summed E-state index contributed by atoms with van der Waals surface area (Å²) in [4.78, 5) is 9.66. The van der Waals surface area contributed by atoms with E-state index in [-0.39, 0.29) is 0 Å². The predicted molar refractivity (Wildman–Crippen MR) is 52.7 cm³/mol. The van der Waals surface area contributed by atoms with Crippen molar-refractivity contribution in [1.82, 2.24) is 4.57 Å². The summed E-state index contributed by atoms with van der Waals surface area (Å²) in [5, 5.41) is 0. The Morgan fingerprint density at radius 1 is 1.56 bits per heavy atom. The second kappa shape index (κ2) is 6.23. The summed E-state index contributed by atoms with van der Waals surface area (Å²) in [6, 6.07) is 0. The third-order valence-electron chi connectivity index (χ3n) is 1.41. The molecule has 0 spiro atoms. The molecule has 1 aromatic heterocycles. The van der Waals surface area contributed by atoms with Gasteiger partial charge in [0.1, 0.15) is 12.4 Å². The van der Waals surface area contributed by atoms with E-state index in [1.165, 1.54) is 0 Å². The average Bonchev–Trinajstić information content (AvgIpc) is 2.47. The molecule has 0 saturated heterocycles. The molecule has 7 nitrogen and oxygen atoms in total. The van der Waals surface area contributed by atoms with Gasteiger partial charge in [0.05, 0.1) is 13.6 Å². The Morgan fingerprint density at radius 2 is 2.12 bits per heavy atom. The van der Waals surface area contributed by atoms with Crippen LogP contribution in [0.15, 0.2) is 18.7 Å². The summed E-state index contributed by atoms with van der Waals surface area (Å²) in [5.41, 5.74) is 0. The van der Waals surface area contributed by atoms with Gasteiger partial charge in [-0.25, -0.2) is 17.6 Å². The molecular formula is C8H14N2O5S. The van der Waals surface area contributed by atoms with E-state index in [2.05, 4.69) is 28.2 Å². The van der Waals surface area contributed by atoms with Crippen LogP contribution in [0, 0.1) is 0 Å². The maximum absolute atomic E-state index is 9.66. The largest absolute Gasteiger partial charge is 0.716 e. The Hall–Kier alpha value is -1.41. The zero-order valence-electron chi connectivity index (χ0n) is 9.28. The van der Waals surface area contributed by atoms with E-state index in [0.717, 1.165) is 13.5 Å². The SMILES string of the molecule is CC(=O)OS(=O)(=O)[O-].CCn1cc[n+](C)c1. The fraction of sp³-hybridized carbons (Fsp3) is 0.500. The fourth-order valence-corrected chi connectivity index (χ4v) is 1.12. The first-order chi connectivity index (χ1) is 7.24. The number of rotatable bonds is 2. The van der Waals surface area contributed by atoms with Gasteiger partial charge in [-0.3, -0.25) is 4.79 Å². The molecule has 1 aromatic rings. The first-order valence-corrected chi connectivity index (χ1v) is 5.74. The van der Waals surface area contributed by atoms with Crippen LogP contribution in [0.5, 0.6) is 0 Å². The molecule has 0 radical (unpaired) electrons. The molecule has 0 aliphatic heterocycles. The highest BCUT2D eigenvalue weighted by Crippen LogP contribution is 1.83. The molecule has 0 aromatic carbocycles. The van der Waals surface area contributed by atoms with Crippen molar-refractivity contribution < 1.29 is 26.5 Å². The van der Waals surface area contributed by atoms with Gasteiger partial charge in [0.2, 0.25) is 6.33 Å². The molecule has 0 N–H and O–H groups in total. The van der Waals surface area contributed by atoms with Gasteiger partial charge in [0.15, 0.2) is 0 Å². The lowest BCUT2D eigenvalue weighted by molar-refractivity contribution is -0.671. The van der Waals surface area contributed by atoms with Crippen molar-refractivity contribution in [3.8, 4) is 0 Å². The van der Waals surface area contributed by atoms with Crippen LogP contribution >= 0.6 is 0 Å². The highest BCUT2D eigenvalue weighted by molar-refractivity contribution is 7.81. The average molecular weight is 250 g/mol. The van der Waals surface area contributed by atoms with Crippen LogP contribution in [-0.4, -0.2) is 23.5 Å². The van der Waals surface area contributed by atoms with Gasteiger partial charge < -0.3 is 8.74 Å². The van der Waals surface area contributed by atoms with E-state index < -0.39 is 16.4 Å². The Balaban J connectivity index is 0.000000281. The van der Waals surface area contributed by atoms with E-state index in [1.807, 2.05) is 17.8 Å². The predicted octanol–water partition coefficient (Wildman–Crippen LogP) is -0.658. The third kappa shape index (κ3) is 7.94. The maximum atomic E-state index is 9.66. The lowest BCUT2D eigenvalue weighted by Crippen LogP contribution is -2.23. The number of nitrogens with zero attached hydrogens (tertiary/aromatic N) is 2. The van der Waals surface area contributed by atoms with E-state index >= 15 is 0 Å². The van der Waals surface area contributed by atoms with E-state index in [9.17, 15) is 17.8 Å². The van der Waals surface area contributed by atoms with Crippen LogP contribution in [0.3, 0.4) is 0 Å². The third-order valence-corrected chi connectivity index (χ3v) is 1.85. The van der Waals surface area contributed by atoms with Gasteiger partial charge in [-0.2, -0.15) is 0 Å². The molecule has 16 heavy (non-hydrogen) atoms. The molecule has 0 unspecified atom stereocenters. The van der Waals surface area contributed by atoms with Crippen molar-refractivity contribution in [2.24, 2.45) is 7.05 Å². The van der Waals surface area contributed by atoms with Gasteiger partial charge >= 0.3 is 5.97 Å². The highest BCUT2D eigenvalue weighted by atomic mass is 32.3. The minimum absolute atomic E-state index is 0.829. The van der Waals surface area contributed by atoms with Gasteiger partial charge in [0.25, 0.3) is 10.4 Å². The summed E-state index contributed by atoms with van der Waals surface area (Å²) in [6.45, 7) is 4.01. The quantitative estimate of drug-likeness (QED) is 0.395. The molecule has 0 bridgehead atoms. The van der Waals surface area contributed by atoms with Crippen molar-refractivity contribution in [2.45, 2.75) is 20.4 Å². The van der Waals surface area contributed by atoms with Crippen LogP contribution in [0.1, 0.15) is 13.8 Å². The number of carbonyl (C=O) groups excluding carboxylic acids is 1. The summed E-state index contributed by atoms with van der Waals surface area (Å²) in [7, 11) is -2.80. The monoisotopic (exact) mass is 250 g/mol. The standard InChI is InChI=1S/C6H11N2.C2H4O5S/c1-3-8-5-4-7(2)6-8;1-2(3)7-8(4,5)6/h4-6H,3H2,1-2H3;1H3,(H,4,5,6)/q+1;/p-1. The second-order valence-electron chi connectivity index (χ2n) is 2.89. The molecule has 0 aliphatic carbocycles. The Bertz CT molecular complexity index is 437. The molecule has 0 fully saturated rings. The second-order valence-corrected chi connectivity index (χ2v) is 3.88.